The van der Waals surface area contributed by atoms with Crippen LogP contribution in [0.3, 0.4) is 0 Å². The summed E-state index contributed by atoms with van der Waals surface area (Å²) in [7, 11) is 1.73. The van der Waals surface area contributed by atoms with Gasteiger partial charge in [0, 0.05) is 13.1 Å². The van der Waals surface area contributed by atoms with Crippen molar-refractivity contribution in [2.75, 3.05) is 0 Å². The molecule has 0 aliphatic heterocycles. The van der Waals surface area contributed by atoms with Gasteiger partial charge in [0.1, 0.15) is 5.69 Å². The Morgan fingerprint density at radius 3 is 2.83 bits per heavy atom. The van der Waals surface area contributed by atoms with Crippen molar-refractivity contribution in [3.8, 4) is 0 Å². The molecule has 1 heterocycles. The topological polar surface area (TPSA) is 46.9 Å². The van der Waals surface area contributed by atoms with Gasteiger partial charge in [0.25, 0.3) is 5.91 Å². The van der Waals surface area contributed by atoms with Crippen LogP contribution in [0.5, 0.6) is 0 Å². The number of amides is 1. The van der Waals surface area contributed by atoms with E-state index in [1.54, 1.807) is 7.05 Å². The van der Waals surface area contributed by atoms with E-state index in [1.807, 2.05) is 0 Å². The second-order valence-electron chi connectivity index (χ2n) is 5.31. The summed E-state index contributed by atoms with van der Waals surface area (Å²) in [5, 5.41) is 7.50. The van der Waals surface area contributed by atoms with Crippen molar-refractivity contribution in [3.63, 3.8) is 0 Å². The highest BCUT2D eigenvalue weighted by Crippen LogP contribution is 2.29. The van der Waals surface area contributed by atoms with E-state index in [9.17, 15) is 4.79 Å². The Morgan fingerprint density at radius 2 is 2.22 bits per heavy atom. The SMILES string of the molecule is C[C@H]1[C@H](C)CCC[C@@H]1NC(=O)c1c(Cl)cnn1C. The number of carbonyl (C=O) groups excluding carboxylic acids is 1. The van der Waals surface area contributed by atoms with Crippen molar-refractivity contribution < 1.29 is 4.79 Å². The molecule has 0 bridgehead atoms. The number of carbonyl (C=O) groups is 1. The highest BCUT2D eigenvalue weighted by atomic mass is 35.5. The zero-order valence-corrected chi connectivity index (χ0v) is 11.9. The number of rotatable bonds is 2. The van der Waals surface area contributed by atoms with Gasteiger partial charge in [-0.25, -0.2) is 0 Å². The van der Waals surface area contributed by atoms with E-state index in [4.69, 9.17) is 11.6 Å². The van der Waals surface area contributed by atoms with E-state index < -0.39 is 0 Å². The molecule has 2 rings (SSSR count). The Labute approximate surface area is 113 Å². The minimum atomic E-state index is -0.119. The lowest BCUT2D eigenvalue weighted by molar-refractivity contribution is 0.0881. The van der Waals surface area contributed by atoms with Crippen molar-refractivity contribution in [1.82, 2.24) is 15.1 Å². The minimum Gasteiger partial charge on any atom is -0.348 e. The molecule has 0 aromatic carbocycles. The number of nitrogens with zero attached hydrogens (tertiary/aromatic N) is 2. The van der Waals surface area contributed by atoms with E-state index in [1.165, 1.54) is 23.7 Å². The Kier molecular flexibility index (Phi) is 3.95. The smallest absolute Gasteiger partial charge is 0.271 e. The van der Waals surface area contributed by atoms with E-state index >= 15 is 0 Å². The fourth-order valence-corrected chi connectivity index (χ4v) is 2.94. The molecule has 4 nitrogen and oxygen atoms in total. The maximum atomic E-state index is 12.2. The van der Waals surface area contributed by atoms with E-state index in [-0.39, 0.29) is 11.9 Å². The molecule has 1 fully saturated rings. The molecule has 100 valence electrons. The molecule has 1 aliphatic carbocycles. The minimum absolute atomic E-state index is 0.119. The summed E-state index contributed by atoms with van der Waals surface area (Å²) in [6, 6.07) is 0.243. The number of hydrogen-bond donors (Lipinski definition) is 1. The van der Waals surface area contributed by atoms with Gasteiger partial charge in [0.05, 0.1) is 11.2 Å². The second kappa shape index (κ2) is 5.31. The molecule has 3 atom stereocenters. The largest absolute Gasteiger partial charge is 0.348 e. The second-order valence-corrected chi connectivity index (χ2v) is 5.72. The maximum absolute atomic E-state index is 12.2. The van der Waals surface area contributed by atoms with Crippen LogP contribution in [0, 0.1) is 11.8 Å². The average molecular weight is 270 g/mol. The van der Waals surface area contributed by atoms with Gasteiger partial charge in [0.15, 0.2) is 0 Å². The molecule has 5 heteroatoms. The van der Waals surface area contributed by atoms with Crippen LogP contribution in [0.1, 0.15) is 43.6 Å². The van der Waals surface area contributed by atoms with Crippen LogP contribution in [0.15, 0.2) is 6.20 Å². The van der Waals surface area contributed by atoms with Crippen LogP contribution in [0.2, 0.25) is 5.02 Å². The number of nitrogens with one attached hydrogen (secondary N) is 1. The van der Waals surface area contributed by atoms with Crippen LogP contribution in [-0.4, -0.2) is 21.7 Å². The predicted octanol–water partition coefficient (Wildman–Crippen LogP) is 2.63. The molecule has 0 unspecified atom stereocenters. The third kappa shape index (κ3) is 2.53. The number of hydrogen-bond acceptors (Lipinski definition) is 2. The molecular weight excluding hydrogens is 250 g/mol. The van der Waals surface area contributed by atoms with Gasteiger partial charge >= 0.3 is 0 Å². The fraction of sp³-hybridized carbons (Fsp3) is 0.692. The summed E-state index contributed by atoms with van der Waals surface area (Å²) in [5.41, 5.74) is 0.446. The van der Waals surface area contributed by atoms with Gasteiger partial charge in [-0.05, 0) is 18.3 Å². The molecule has 0 spiro atoms. The molecule has 18 heavy (non-hydrogen) atoms. The molecule has 1 N–H and O–H groups in total. The van der Waals surface area contributed by atoms with Gasteiger partial charge in [-0.1, -0.05) is 38.3 Å². The van der Waals surface area contributed by atoms with Crippen LogP contribution in [0.4, 0.5) is 0 Å². The molecule has 1 aliphatic rings. The lowest BCUT2D eigenvalue weighted by Crippen LogP contribution is -2.44. The van der Waals surface area contributed by atoms with Gasteiger partial charge in [-0.15, -0.1) is 0 Å². The number of halogens is 1. The van der Waals surface area contributed by atoms with Gasteiger partial charge in [-0.3, -0.25) is 9.48 Å². The molecular formula is C13H20ClN3O. The number of aryl methyl sites for hydroxylation is 1. The Balaban J connectivity index is 2.08. The zero-order chi connectivity index (χ0) is 13.3. The van der Waals surface area contributed by atoms with Crippen LogP contribution >= 0.6 is 11.6 Å². The zero-order valence-electron chi connectivity index (χ0n) is 11.1. The first-order valence-corrected chi connectivity index (χ1v) is 6.87. The Morgan fingerprint density at radius 1 is 1.50 bits per heavy atom. The summed E-state index contributed by atoms with van der Waals surface area (Å²) >= 11 is 5.98. The predicted molar refractivity (Wildman–Crippen MR) is 71.7 cm³/mol. The van der Waals surface area contributed by atoms with Gasteiger partial charge < -0.3 is 5.32 Å². The monoisotopic (exact) mass is 269 g/mol. The molecule has 1 aromatic heterocycles. The van der Waals surface area contributed by atoms with E-state index in [0.717, 1.165) is 6.42 Å². The fourth-order valence-electron chi connectivity index (χ4n) is 2.69. The van der Waals surface area contributed by atoms with Crippen molar-refractivity contribution in [1.29, 1.82) is 0 Å². The highest BCUT2D eigenvalue weighted by Gasteiger charge is 2.29. The van der Waals surface area contributed by atoms with Crippen LogP contribution in [-0.2, 0) is 7.05 Å². The summed E-state index contributed by atoms with van der Waals surface area (Å²) in [5.74, 6) is 1.05. The van der Waals surface area contributed by atoms with E-state index in [0.29, 0.717) is 22.6 Å². The summed E-state index contributed by atoms with van der Waals surface area (Å²) < 4.78 is 1.52. The third-order valence-corrected chi connectivity index (χ3v) is 4.41. The summed E-state index contributed by atoms with van der Waals surface area (Å²) in [6.07, 6.45) is 4.98. The van der Waals surface area contributed by atoms with Gasteiger partial charge in [-0.2, -0.15) is 5.10 Å². The van der Waals surface area contributed by atoms with Gasteiger partial charge in [0.2, 0.25) is 0 Å². The Bertz CT molecular complexity index is 424. The van der Waals surface area contributed by atoms with Crippen molar-refractivity contribution >= 4 is 17.5 Å². The lowest BCUT2D eigenvalue weighted by atomic mass is 9.78. The quantitative estimate of drug-likeness (QED) is 0.897. The number of aromatic nitrogens is 2. The Hall–Kier alpha value is -1.03. The van der Waals surface area contributed by atoms with E-state index in [2.05, 4.69) is 24.3 Å². The standard InChI is InChI=1S/C13H20ClN3O/c1-8-5-4-6-11(9(8)2)16-13(18)12-10(14)7-15-17(12)3/h7-9,11H,4-6H2,1-3H3,(H,16,18)/t8-,9+,11+/m1/s1. The molecule has 0 saturated heterocycles. The third-order valence-electron chi connectivity index (χ3n) is 4.13. The van der Waals surface area contributed by atoms with Crippen molar-refractivity contribution in [3.05, 3.63) is 16.9 Å². The molecule has 1 amide bonds. The lowest BCUT2D eigenvalue weighted by Gasteiger charge is -2.34. The maximum Gasteiger partial charge on any atom is 0.271 e. The summed E-state index contributed by atoms with van der Waals surface area (Å²) in [6.45, 7) is 4.46. The first kappa shape index (κ1) is 13.4. The molecule has 1 saturated carbocycles. The van der Waals surface area contributed by atoms with Crippen molar-refractivity contribution in [2.24, 2.45) is 18.9 Å². The average Bonchev–Trinajstić information content (AvgIpc) is 2.65. The molecule has 1 aromatic rings. The van der Waals surface area contributed by atoms with Crippen LogP contribution < -0.4 is 5.32 Å². The molecule has 0 radical (unpaired) electrons. The normalized spacial score (nSPS) is 28.1. The summed E-state index contributed by atoms with van der Waals surface area (Å²) in [4.78, 5) is 12.2. The first-order chi connectivity index (χ1) is 8.50. The highest BCUT2D eigenvalue weighted by molar-refractivity contribution is 6.33. The van der Waals surface area contributed by atoms with Crippen LogP contribution in [0.25, 0.3) is 0 Å². The van der Waals surface area contributed by atoms with Crippen molar-refractivity contribution in [2.45, 2.75) is 39.2 Å². The first-order valence-electron chi connectivity index (χ1n) is 6.49.